The Morgan fingerprint density at radius 2 is 2.00 bits per heavy atom. The zero-order valence-electron chi connectivity index (χ0n) is 9.19. The third-order valence-corrected chi connectivity index (χ3v) is 2.05. The van der Waals surface area contributed by atoms with Crippen LogP contribution in [0.5, 0.6) is 5.75 Å². The maximum atomic E-state index is 5.68. The number of aryl methyl sites for hydroxylation is 1. The SMILES string of the molecule is Cc1ccc2nccc(OC(C)C)c2n1. The molecule has 0 aliphatic carbocycles. The third kappa shape index (κ3) is 2.06. The average molecular weight is 202 g/mol. The molecule has 0 aromatic carbocycles. The Balaban J connectivity index is 2.58. The summed E-state index contributed by atoms with van der Waals surface area (Å²) < 4.78 is 5.68. The van der Waals surface area contributed by atoms with Crippen LogP contribution >= 0.6 is 0 Å². The summed E-state index contributed by atoms with van der Waals surface area (Å²) in [6.45, 7) is 5.97. The van der Waals surface area contributed by atoms with Crippen molar-refractivity contribution >= 4 is 11.0 Å². The summed E-state index contributed by atoms with van der Waals surface area (Å²) in [6.07, 6.45) is 1.90. The third-order valence-electron chi connectivity index (χ3n) is 2.05. The van der Waals surface area contributed by atoms with Gasteiger partial charge in [-0.2, -0.15) is 0 Å². The zero-order chi connectivity index (χ0) is 10.8. The first-order chi connectivity index (χ1) is 7.16. The van der Waals surface area contributed by atoms with Gasteiger partial charge in [-0.05, 0) is 32.9 Å². The fourth-order valence-corrected chi connectivity index (χ4v) is 1.45. The van der Waals surface area contributed by atoms with Crippen molar-refractivity contribution in [1.29, 1.82) is 0 Å². The first-order valence-electron chi connectivity index (χ1n) is 5.06. The van der Waals surface area contributed by atoms with E-state index in [1.165, 1.54) is 0 Å². The predicted octanol–water partition coefficient (Wildman–Crippen LogP) is 2.73. The molecule has 2 rings (SSSR count). The molecule has 0 saturated carbocycles. The van der Waals surface area contributed by atoms with E-state index in [-0.39, 0.29) is 6.10 Å². The summed E-state index contributed by atoms with van der Waals surface area (Å²) in [5, 5.41) is 0. The van der Waals surface area contributed by atoms with E-state index < -0.39 is 0 Å². The minimum atomic E-state index is 0.151. The molecule has 2 aromatic rings. The van der Waals surface area contributed by atoms with Gasteiger partial charge in [-0.15, -0.1) is 0 Å². The van der Waals surface area contributed by atoms with E-state index in [2.05, 4.69) is 9.97 Å². The standard InChI is InChI=1S/C12H14N2O/c1-8(2)15-11-6-7-13-10-5-4-9(3)14-12(10)11/h4-8H,1-3H3. The average Bonchev–Trinajstić information content (AvgIpc) is 2.18. The van der Waals surface area contributed by atoms with Crippen LogP contribution in [0, 0.1) is 6.92 Å². The lowest BCUT2D eigenvalue weighted by molar-refractivity contribution is 0.245. The molecule has 2 aromatic heterocycles. The van der Waals surface area contributed by atoms with E-state index >= 15 is 0 Å². The molecule has 15 heavy (non-hydrogen) atoms. The Hall–Kier alpha value is -1.64. The quantitative estimate of drug-likeness (QED) is 0.751. The lowest BCUT2D eigenvalue weighted by Gasteiger charge is -2.11. The molecule has 0 aliphatic rings. The lowest BCUT2D eigenvalue weighted by Crippen LogP contribution is -2.06. The van der Waals surface area contributed by atoms with Crippen molar-refractivity contribution in [3.05, 3.63) is 30.1 Å². The molecule has 3 nitrogen and oxygen atoms in total. The Morgan fingerprint density at radius 3 is 2.73 bits per heavy atom. The molecule has 2 heterocycles. The monoisotopic (exact) mass is 202 g/mol. The highest BCUT2D eigenvalue weighted by molar-refractivity contribution is 5.80. The normalized spacial score (nSPS) is 10.9. The van der Waals surface area contributed by atoms with Crippen molar-refractivity contribution in [2.45, 2.75) is 26.9 Å². The Labute approximate surface area is 89.1 Å². The lowest BCUT2D eigenvalue weighted by atomic mass is 10.2. The Morgan fingerprint density at radius 1 is 1.20 bits per heavy atom. The van der Waals surface area contributed by atoms with Crippen LogP contribution in [0.1, 0.15) is 19.5 Å². The van der Waals surface area contributed by atoms with Gasteiger partial charge < -0.3 is 4.74 Å². The van der Waals surface area contributed by atoms with Gasteiger partial charge in [0.1, 0.15) is 11.3 Å². The fraction of sp³-hybridized carbons (Fsp3) is 0.333. The number of aromatic nitrogens is 2. The first-order valence-corrected chi connectivity index (χ1v) is 5.06. The molecule has 0 amide bonds. The highest BCUT2D eigenvalue weighted by atomic mass is 16.5. The molecule has 3 heteroatoms. The van der Waals surface area contributed by atoms with E-state index in [0.717, 1.165) is 22.5 Å². The molecule has 0 unspecified atom stereocenters. The molecule has 0 N–H and O–H groups in total. The molecule has 0 bridgehead atoms. The minimum absolute atomic E-state index is 0.151. The molecule has 0 spiro atoms. The van der Waals surface area contributed by atoms with Crippen molar-refractivity contribution in [2.24, 2.45) is 0 Å². The van der Waals surface area contributed by atoms with Crippen molar-refractivity contribution in [3.8, 4) is 5.75 Å². The maximum Gasteiger partial charge on any atom is 0.149 e. The van der Waals surface area contributed by atoms with Crippen LogP contribution in [0.15, 0.2) is 24.4 Å². The van der Waals surface area contributed by atoms with Gasteiger partial charge in [-0.25, -0.2) is 4.98 Å². The van der Waals surface area contributed by atoms with Gasteiger partial charge in [0.2, 0.25) is 0 Å². The number of hydrogen-bond donors (Lipinski definition) is 0. The summed E-state index contributed by atoms with van der Waals surface area (Å²) in [5.74, 6) is 0.804. The highest BCUT2D eigenvalue weighted by Gasteiger charge is 2.06. The van der Waals surface area contributed by atoms with Gasteiger partial charge in [0.15, 0.2) is 0 Å². The van der Waals surface area contributed by atoms with E-state index in [1.54, 1.807) is 6.20 Å². The number of ether oxygens (including phenoxy) is 1. The van der Waals surface area contributed by atoms with Crippen LogP contribution in [0.4, 0.5) is 0 Å². The number of rotatable bonds is 2. The van der Waals surface area contributed by atoms with Crippen molar-refractivity contribution < 1.29 is 4.74 Å². The summed E-state index contributed by atoms with van der Waals surface area (Å²) in [7, 11) is 0. The van der Waals surface area contributed by atoms with Crippen LogP contribution in [-0.4, -0.2) is 16.1 Å². The molecule has 0 saturated heterocycles. The van der Waals surface area contributed by atoms with Gasteiger partial charge in [-0.3, -0.25) is 4.98 Å². The smallest absolute Gasteiger partial charge is 0.149 e. The second-order valence-corrected chi connectivity index (χ2v) is 3.80. The number of hydrogen-bond acceptors (Lipinski definition) is 3. The van der Waals surface area contributed by atoms with Crippen LogP contribution < -0.4 is 4.74 Å². The first kappa shape index (κ1) is 9.90. The predicted molar refractivity (Wildman–Crippen MR) is 60.0 cm³/mol. The maximum absolute atomic E-state index is 5.68. The summed E-state index contributed by atoms with van der Waals surface area (Å²) in [6, 6.07) is 5.77. The summed E-state index contributed by atoms with van der Waals surface area (Å²) >= 11 is 0. The number of pyridine rings is 2. The highest BCUT2D eigenvalue weighted by Crippen LogP contribution is 2.22. The summed E-state index contributed by atoms with van der Waals surface area (Å²) in [5.41, 5.74) is 2.69. The van der Waals surface area contributed by atoms with E-state index in [4.69, 9.17) is 4.74 Å². The van der Waals surface area contributed by atoms with Crippen molar-refractivity contribution in [2.75, 3.05) is 0 Å². The topological polar surface area (TPSA) is 35.0 Å². The van der Waals surface area contributed by atoms with Gasteiger partial charge in [0, 0.05) is 18.0 Å². The van der Waals surface area contributed by atoms with Gasteiger partial charge in [0.25, 0.3) is 0 Å². The number of fused-ring (bicyclic) bond motifs is 1. The second-order valence-electron chi connectivity index (χ2n) is 3.80. The van der Waals surface area contributed by atoms with E-state index in [1.807, 2.05) is 39.0 Å². The molecule has 78 valence electrons. The molecule has 0 radical (unpaired) electrons. The molecular formula is C12H14N2O. The molecule has 0 atom stereocenters. The largest absolute Gasteiger partial charge is 0.489 e. The molecule has 0 aliphatic heterocycles. The van der Waals surface area contributed by atoms with Crippen LogP contribution in [0.2, 0.25) is 0 Å². The van der Waals surface area contributed by atoms with Crippen LogP contribution in [0.3, 0.4) is 0 Å². The van der Waals surface area contributed by atoms with Crippen molar-refractivity contribution in [3.63, 3.8) is 0 Å². The van der Waals surface area contributed by atoms with Gasteiger partial charge in [-0.1, -0.05) is 0 Å². The van der Waals surface area contributed by atoms with E-state index in [0.29, 0.717) is 0 Å². The molecule has 0 fully saturated rings. The zero-order valence-corrected chi connectivity index (χ0v) is 9.19. The summed E-state index contributed by atoms with van der Waals surface area (Å²) in [4.78, 5) is 8.69. The van der Waals surface area contributed by atoms with Gasteiger partial charge in [0.05, 0.1) is 11.6 Å². The second kappa shape index (κ2) is 3.85. The number of nitrogens with zero attached hydrogens (tertiary/aromatic N) is 2. The Bertz CT molecular complexity index is 480. The van der Waals surface area contributed by atoms with Crippen LogP contribution in [-0.2, 0) is 0 Å². The minimum Gasteiger partial charge on any atom is -0.489 e. The Kier molecular flexibility index (Phi) is 2.54. The molecular weight excluding hydrogens is 188 g/mol. The fourth-order valence-electron chi connectivity index (χ4n) is 1.45. The van der Waals surface area contributed by atoms with E-state index in [9.17, 15) is 0 Å². The van der Waals surface area contributed by atoms with Crippen LogP contribution in [0.25, 0.3) is 11.0 Å². The van der Waals surface area contributed by atoms with Crippen molar-refractivity contribution in [1.82, 2.24) is 9.97 Å². The van der Waals surface area contributed by atoms with Gasteiger partial charge >= 0.3 is 0 Å².